The van der Waals surface area contributed by atoms with Gasteiger partial charge in [-0.1, -0.05) is 31.9 Å². The van der Waals surface area contributed by atoms with E-state index < -0.39 is 5.97 Å². The molecule has 0 amide bonds. The number of hydrogen-bond donors (Lipinski definition) is 2. The first-order valence-corrected chi connectivity index (χ1v) is 7.41. The Balaban J connectivity index is 2.26. The number of nitrogen functional groups attached to an aromatic ring is 1. The van der Waals surface area contributed by atoms with Gasteiger partial charge in [0.15, 0.2) is 5.65 Å². The van der Waals surface area contributed by atoms with E-state index in [1.54, 1.807) is 4.57 Å². The van der Waals surface area contributed by atoms with Gasteiger partial charge >= 0.3 is 5.97 Å². The maximum atomic E-state index is 11.6. The molecule has 0 saturated heterocycles. The van der Waals surface area contributed by atoms with Crippen LogP contribution in [0.3, 0.4) is 0 Å². The molecule has 0 spiro atoms. The fraction of sp³-hybridized carbons (Fsp3) is 0.312. The first kappa shape index (κ1) is 14.3. The Bertz CT molecular complexity index is 854. The second-order valence-electron chi connectivity index (χ2n) is 5.31. The molecule has 0 bridgehead atoms. The van der Waals surface area contributed by atoms with Crippen molar-refractivity contribution in [2.24, 2.45) is 0 Å². The van der Waals surface area contributed by atoms with E-state index in [0.29, 0.717) is 23.2 Å². The highest BCUT2D eigenvalue weighted by Gasteiger charge is 2.23. The minimum Gasteiger partial charge on any atom is -0.477 e. The highest BCUT2D eigenvalue weighted by Crippen LogP contribution is 2.28. The zero-order valence-electron chi connectivity index (χ0n) is 12.4. The van der Waals surface area contributed by atoms with E-state index in [-0.39, 0.29) is 11.4 Å². The Morgan fingerprint density at radius 1 is 1.23 bits per heavy atom. The molecule has 6 heteroatoms. The summed E-state index contributed by atoms with van der Waals surface area (Å²) in [5.41, 5.74) is 8.42. The van der Waals surface area contributed by atoms with E-state index in [4.69, 9.17) is 5.73 Å². The Morgan fingerprint density at radius 3 is 2.55 bits per heavy atom. The molecule has 1 aromatic carbocycles. The Morgan fingerprint density at radius 2 is 1.91 bits per heavy atom. The number of aromatic nitrogens is 3. The number of anilines is 1. The molecule has 0 unspecified atom stereocenters. The number of carbonyl (C=O) groups is 1. The van der Waals surface area contributed by atoms with Crippen molar-refractivity contribution in [2.75, 3.05) is 5.73 Å². The quantitative estimate of drug-likeness (QED) is 0.706. The molecule has 0 aliphatic rings. The molecule has 22 heavy (non-hydrogen) atoms. The first-order chi connectivity index (χ1) is 10.6. The van der Waals surface area contributed by atoms with E-state index in [2.05, 4.69) is 16.9 Å². The van der Waals surface area contributed by atoms with Gasteiger partial charge in [0.05, 0.1) is 11.0 Å². The molecule has 2 aromatic heterocycles. The van der Waals surface area contributed by atoms with Crippen LogP contribution in [0.2, 0.25) is 0 Å². The second-order valence-corrected chi connectivity index (χ2v) is 5.31. The number of aromatic carboxylic acids is 1. The van der Waals surface area contributed by atoms with Crippen molar-refractivity contribution in [3.05, 3.63) is 29.8 Å². The largest absolute Gasteiger partial charge is 0.477 e. The molecule has 3 aromatic rings. The number of rotatable bonds is 5. The summed E-state index contributed by atoms with van der Waals surface area (Å²) >= 11 is 0. The monoisotopic (exact) mass is 298 g/mol. The molecule has 0 radical (unpaired) electrons. The van der Waals surface area contributed by atoms with E-state index in [1.807, 2.05) is 24.3 Å². The molecule has 6 nitrogen and oxygen atoms in total. The van der Waals surface area contributed by atoms with Crippen LogP contribution in [0.15, 0.2) is 24.3 Å². The zero-order chi connectivity index (χ0) is 15.7. The predicted octanol–water partition coefficient (Wildman–Crippen LogP) is 3.06. The second kappa shape index (κ2) is 5.63. The third-order valence-corrected chi connectivity index (χ3v) is 3.79. The first-order valence-electron chi connectivity index (χ1n) is 7.41. The maximum absolute atomic E-state index is 11.6. The number of nitrogens with two attached hydrogens (primary N) is 1. The van der Waals surface area contributed by atoms with Gasteiger partial charge in [0.25, 0.3) is 0 Å². The summed E-state index contributed by atoms with van der Waals surface area (Å²) in [6, 6.07) is 7.42. The highest BCUT2D eigenvalue weighted by atomic mass is 16.4. The predicted molar refractivity (Wildman–Crippen MR) is 85.9 cm³/mol. The molecule has 3 N–H and O–H groups in total. The molecule has 3 rings (SSSR count). The average molecular weight is 298 g/mol. The van der Waals surface area contributed by atoms with Crippen molar-refractivity contribution >= 4 is 34.0 Å². The van der Waals surface area contributed by atoms with Crippen LogP contribution in [0.4, 0.5) is 5.82 Å². The SMILES string of the molecule is CCCCCn1c(N)c(C(=O)O)c2nc3ccccc3nc21. The van der Waals surface area contributed by atoms with Gasteiger partial charge in [-0.3, -0.25) is 0 Å². The normalized spacial score (nSPS) is 11.3. The molecule has 0 fully saturated rings. The van der Waals surface area contributed by atoms with Crippen LogP contribution in [0.5, 0.6) is 0 Å². The maximum Gasteiger partial charge on any atom is 0.341 e. The topological polar surface area (TPSA) is 94.0 Å². The number of fused-ring (bicyclic) bond motifs is 2. The smallest absolute Gasteiger partial charge is 0.341 e. The lowest BCUT2D eigenvalue weighted by atomic mass is 10.2. The van der Waals surface area contributed by atoms with Gasteiger partial charge in [-0.25, -0.2) is 14.8 Å². The summed E-state index contributed by atoms with van der Waals surface area (Å²) in [5, 5.41) is 9.46. The summed E-state index contributed by atoms with van der Waals surface area (Å²) in [5.74, 6) is -0.838. The van der Waals surface area contributed by atoms with Gasteiger partial charge in [0.2, 0.25) is 0 Å². The summed E-state index contributed by atoms with van der Waals surface area (Å²) < 4.78 is 1.77. The number of carboxylic acids is 1. The van der Waals surface area contributed by atoms with Crippen molar-refractivity contribution in [2.45, 2.75) is 32.7 Å². The number of para-hydroxylation sites is 2. The molecule has 0 saturated carbocycles. The molecular weight excluding hydrogens is 280 g/mol. The van der Waals surface area contributed by atoms with E-state index in [0.717, 1.165) is 24.8 Å². The molecule has 114 valence electrons. The van der Waals surface area contributed by atoms with Gasteiger partial charge in [-0.15, -0.1) is 0 Å². The number of hydrogen-bond acceptors (Lipinski definition) is 4. The number of nitrogens with zero attached hydrogens (tertiary/aromatic N) is 3. The van der Waals surface area contributed by atoms with Crippen LogP contribution in [0.25, 0.3) is 22.2 Å². The Hall–Kier alpha value is -2.63. The van der Waals surface area contributed by atoms with Gasteiger partial charge in [-0.05, 0) is 18.6 Å². The molecule has 0 aliphatic heterocycles. The third kappa shape index (κ3) is 2.26. The fourth-order valence-electron chi connectivity index (χ4n) is 2.67. The number of unbranched alkanes of at least 4 members (excludes halogenated alkanes) is 2. The minimum atomic E-state index is -1.07. The Kier molecular flexibility index (Phi) is 3.66. The zero-order valence-corrected chi connectivity index (χ0v) is 12.4. The van der Waals surface area contributed by atoms with Crippen LogP contribution >= 0.6 is 0 Å². The lowest BCUT2D eigenvalue weighted by molar-refractivity contribution is 0.0700. The van der Waals surface area contributed by atoms with Crippen molar-refractivity contribution in [3.63, 3.8) is 0 Å². The van der Waals surface area contributed by atoms with Gasteiger partial charge in [0.1, 0.15) is 16.9 Å². The standard InChI is InChI=1S/C16H18N4O2/c1-2-3-6-9-20-14(17)12(16(21)22)13-15(20)19-11-8-5-4-7-10(11)18-13/h4-5,7-8H,2-3,6,9,17H2,1H3,(H,21,22). The minimum absolute atomic E-state index is 0.0461. The van der Waals surface area contributed by atoms with Crippen LogP contribution < -0.4 is 5.73 Å². The summed E-state index contributed by atoms with van der Waals surface area (Å²) in [6.45, 7) is 2.77. The van der Waals surface area contributed by atoms with E-state index in [9.17, 15) is 9.90 Å². The van der Waals surface area contributed by atoms with Gasteiger partial charge in [-0.2, -0.15) is 0 Å². The third-order valence-electron chi connectivity index (χ3n) is 3.79. The summed E-state index contributed by atoms with van der Waals surface area (Å²) in [6.07, 6.45) is 3.07. The van der Waals surface area contributed by atoms with Crippen LogP contribution in [-0.2, 0) is 6.54 Å². The van der Waals surface area contributed by atoms with Gasteiger partial charge < -0.3 is 15.4 Å². The average Bonchev–Trinajstić information content (AvgIpc) is 2.77. The van der Waals surface area contributed by atoms with Crippen molar-refractivity contribution < 1.29 is 9.90 Å². The van der Waals surface area contributed by atoms with Crippen molar-refractivity contribution in [1.82, 2.24) is 14.5 Å². The molecule has 0 aliphatic carbocycles. The van der Waals surface area contributed by atoms with Crippen LogP contribution in [0.1, 0.15) is 36.5 Å². The van der Waals surface area contributed by atoms with E-state index >= 15 is 0 Å². The van der Waals surface area contributed by atoms with Crippen LogP contribution in [-0.4, -0.2) is 25.6 Å². The number of benzene rings is 1. The Labute approximate surface area is 127 Å². The lowest BCUT2D eigenvalue weighted by Gasteiger charge is -2.06. The lowest BCUT2D eigenvalue weighted by Crippen LogP contribution is -2.07. The van der Waals surface area contributed by atoms with E-state index in [1.165, 1.54) is 0 Å². The van der Waals surface area contributed by atoms with Crippen LogP contribution in [0, 0.1) is 0 Å². The number of aryl methyl sites for hydroxylation is 1. The number of carboxylic acid groups (broad SMARTS) is 1. The van der Waals surface area contributed by atoms with Gasteiger partial charge in [0, 0.05) is 6.54 Å². The fourth-order valence-corrected chi connectivity index (χ4v) is 2.67. The highest BCUT2D eigenvalue weighted by molar-refractivity contribution is 6.07. The molecule has 2 heterocycles. The summed E-state index contributed by atoms with van der Waals surface area (Å²) in [7, 11) is 0. The van der Waals surface area contributed by atoms with Crippen molar-refractivity contribution in [1.29, 1.82) is 0 Å². The van der Waals surface area contributed by atoms with Crippen molar-refractivity contribution in [3.8, 4) is 0 Å². The summed E-state index contributed by atoms with van der Waals surface area (Å²) in [4.78, 5) is 20.6. The molecular formula is C16H18N4O2. The molecule has 0 atom stereocenters.